The van der Waals surface area contributed by atoms with Gasteiger partial charge in [0.2, 0.25) is 0 Å². The number of carbonyl (C=O) groups is 1. The number of carbonyl (C=O) groups excluding carboxylic acids is 1. The number of thioether (sulfide) groups is 1. The first-order valence-corrected chi connectivity index (χ1v) is 7.93. The maximum Gasteiger partial charge on any atom is 0.372 e. The molecule has 2 aromatic rings. The summed E-state index contributed by atoms with van der Waals surface area (Å²) < 4.78 is 5.38. The average molecular weight is 312 g/mol. The van der Waals surface area contributed by atoms with Crippen molar-refractivity contribution in [1.82, 2.24) is 0 Å². The molecule has 0 aliphatic carbocycles. The van der Waals surface area contributed by atoms with Crippen molar-refractivity contribution in [2.75, 3.05) is 0 Å². The highest BCUT2D eigenvalue weighted by molar-refractivity contribution is 8.13. The van der Waals surface area contributed by atoms with Crippen molar-refractivity contribution in [1.29, 1.82) is 0 Å². The van der Waals surface area contributed by atoms with Gasteiger partial charge in [-0.15, -0.1) is 0 Å². The molecule has 0 spiro atoms. The third-order valence-electron chi connectivity index (χ3n) is 2.92. The van der Waals surface area contributed by atoms with E-state index in [0.717, 1.165) is 33.4 Å². The minimum absolute atomic E-state index is 0.305. The van der Waals surface area contributed by atoms with E-state index in [1.54, 1.807) is 0 Å². The van der Waals surface area contributed by atoms with E-state index in [1.807, 2.05) is 75.4 Å². The normalized spacial score (nSPS) is 11.0. The summed E-state index contributed by atoms with van der Waals surface area (Å²) in [5, 5.41) is -0.305. The van der Waals surface area contributed by atoms with Crippen molar-refractivity contribution in [3.63, 3.8) is 0 Å². The molecule has 2 aromatic carbocycles. The Hall–Kier alpha value is -2.00. The molecule has 0 fully saturated rings. The molecule has 0 heterocycles. The SMILES string of the molecule is C=C(c1ccccc1)c1ccccc1SC(=O)OC(C)(C)C. The summed E-state index contributed by atoms with van der Waals surface area (Å²) in [6.45, 7) is 9.76. The number of rotatable bonds is 3. The van der Waals surface area contributed by atoms with Crippen LogP contribution in [0, 0.1) is 0 Å². The van der Waals surface area contributed by atoms with Crippen LogP contribution in [-0.4, -0.2) is 10.9 Å². The van der Waals surface area contributed by atoms with Crippen LogP contribution in [0.2, 0.25) is 0 Å². The van der Waals surface area contributed by atoms with Crippen LogP contribution in [0.5, 0.6) is 0 Å². The van der Waals surface area contributed by atoms with Crippen molar-refractivity contribution in [2.45, 2.75) is 31.3 Å². The molecule has 0 aliphatic rings. The quantitative estimate of drug-likeness (QED) is 0.531. The Morgan fingerprint density at radius 3 is 2.23 bits per heavy atom. The summed E-state index contributed by atoms with van der Waals surface area (Å²) in [7, 11) is 0. The molecule has 22 heavy (non-hydrogen) atoms. The lowest BCUT2D eigenvalue weighted by Crippen LogP contribution is -2.21. The highest BCUT2D eigenvalue weighted by Gasteiger charge is 2.19. The predicted molar refractivity (Wildman–Crippen MR) is 93.1 cm³/mol. The Labute approximate surface area is 136 Å². The third kappa shape index (κ3) is 4.50. The summed E-state index contributed by atoms with van der Waals surface area (Å²) in [5.74, 6) is 0. The van der Waals surface area contributed by atoms with E-state index in [1.165, 1.54) is 0 Å². The van der Waals surface area contributed by atoms with Crippen LogP contribution in [-0.2, 0) is 4.74 Å². The highest BCUT2D eigenvalue weighted by Crippen LogP contribution is 2.32. The fraction of sp³-hybridized carbons (Fsp3) is 0.211. The maximum atomic E-state index is 12.1. The molecular weight excluding hydrogens is 292 g/mol. The largest absolute Gasteiger partial charge is 0.452 e. The molecule has 2 rings (SSSR count). The van der Waals surface area contributed by atoms with Crippen LogP contribution in [0.15, 0.2) is 66.1 Å². The maximum absolute atomic E-state index is 12.1. The van der Waals surface area contributed by atoms with Crippen molar-refractivity contribution in [3.05, 3.63) is 72.3 Å². The summed E-state index contributed by atoms with van der Waals surface area (Å²) in [6.07, 6.45) is 0. The van der Waals surface area contributed by atoms with Crippen LogP contribution in [0.1, 0.15) is 31.9 Å². The molecule has 0 bridgehead atoms. The Balaban J connectivity index is 2.24. The van der Waals surface area contributed by atoms with Gasteiger partial charge in [-0.1, -0.05) is 55.1 Å². The fourth-order valence-electron chi connectivity index (χ4n) is 1.96. The van der Waals surface area contributed by atoms with Gasteiger partial charge in [-0.25, -0.2) is 4.79 Å². The summed E-state index contributed by atoms with van der Waals surface area (Å²) in [5.41, 5.74) is 2.40. The predicted octanol–water partition coefficient (Wildman–Crippen LogP) is 5.78. The van der Waals surface area contributed by atoms with Crippen LogP contribution < -0.4 is 0 Å². The zero-order chi connectivity index (χ0) is 16.2. The van der Waals surface area contributed by atoms with Gasteiger partial charge in [0.15, 0.2) is 0 Å². The van der Waals surface area contributed by atoms with Gasteiger partial charge < -0.3 is 4.74 Å². The van der Waals surface area contributed by atoms with E-state index < -0.39 is 5.60 Å². The number of benzene rings is 2. The smallest absolute Gasteiger partial charge is 0.372 e. The molecule has 0 saturated heterocycles. The second-order valence-electron chi connectivity index (χ2n) is 5.91. The molecule has 0 saturated carbocycles. The van der Waals surface area contributed by atoms with Crippen LogP contribution >= 0.6 is 11.8 Å². The zero-order valence-electron chi connectivity index (χ0n) is 13.1. The van der Waals surface area contributed by atoms with E-state index in [4.69, 9.17) is 4.74 Å². The van der Waals surface area contributed by atoms with Gasteiger partial charge in [0, 0.05) is 4.90 Å². The Kier molecular flexibility index (Phi) is 5.09. The van der Waals surface area contributed by atoms with E-state index in [2.05, 4.69) is 6.58 Å². The molecule has 0 aliphatic heterocycles. The van der Waals surface area contributed by atoms with Gasteiger partial charge in [-0.3, -0.25) is 0 Å². The molecule has 3 heteroatoms. The molecular formula is C19H20O2S. The second kappa shape index (κ2) is 6.84. The van der Waals surface area contributed by atoms with E-state index in [9.17, 15) is 4.79 Å². The fourth-order valence-corrected chi connectivity index (χ4v) is 2.88. The molecule has 0 unspecified atom stereocenters. The third-order valence-corrected chi connectivity index (χ3v) is 3.74. The minimum atomic E-state index is -0.491. The standard InChI is InChI=1S/C19H20O2S/c1-14(15-10-6-5-7-11-15)16-12-8-9-13-17(16)22-18(20)21-19(2,3)4/h5-13H,1H2,2-4H3. The lowest BCUT2D eigenvalue weighted by atomic mass is 10.00. The van der Waals surface area contributed by atoms with Gasteiger partial charge in [-0.2, -0.15) is 0 Å². The van der Waals surface area contributed by atoms with Crippen LogP contribution in [0.25, 0.3) is 5.57 Å². The lowest BCUT2D eigenvalue weighted by Gasteiger charge is -2.19. The number of ether oxygens (including phenoxy) is 1. The minimum Gasteiger partial charge on any atom is -0.452 e. The molecule has 0 radical (unpaired) electrons. The highest BCUT2D eigenvalue weighted by atomic mass is 32.2. The second-order valence-corrected chi connectivity index (χ2v) is 6.88. The summed E-state index contributed by atoms with van der Waals surface area (Å²) >= 11 is 1.10. The van der Waals surface area contributed by atoms with Crippen molar-refractivity contribution >= 4 is 22.6 Å². The molecule has 0 N–H and O–H groups in total. The average Bonchev–Trinajstić information content (AvgIpc) is 2.46. The first kappa shape index (κ1) is 16.4. The van der Waals surface area contributed by atoms with Gasteiger partial charge in [0.05, 0.1) is 0 Å². The number of hydrogen-bond donors (Lipinski definition) is 0. The Morgan fingerprint density at radius 2 is 1.59 bits per heavy atom. The molecule has 114 valence electrons. The first-order chi connectivity index (χ1) is 10.4. The van der Waals surface area contributed by atoms with Gasteiger partial charge in [0.25, 0.3) is 0 Å². The van der Waals surface area contributed by atoms with E-state index in [-0.39, 0.29) is 5.30 Å². The first-order valence-electron chi connectivity index (χ1n) is 7.11. The summed E-state index contributed by atoms with van der Waals surface area (Å²) in [4.78, 5) is 12.9. The Morgan fingerprint density at radius 1 is 1.00 bits per heavy atom. The zero-order valence-corrected chi connectivity index (χ0v) is 13.9. The molecule has 0 atom stereocenters. The monoisotopic (exact) mass is 312 g/mol. The van der Waals surface area contributed by atoms with E-state index >= 15 is 0 Å². The molecule has 0 amide bonds. The number of hydrogen-bond acceptors (Lipinski definition) is 3. The van der Waals surface area contributed by atoms with Gasteiger partial charge in [0.1, 0.15) is 5.60 Å². The molecule has 0 aromatic heterocycles. The van der Waals surface area contributed by atoms with Gasteiger partial charge >= 0.3 is 5.30 Å². The van der Waals surface area contributed by atoms with Gasteiger partial charge in [-0.05, 0) is 55.3 Å². The van der Waals surface area contributed by atoms with Crippen molar-refractivity contribution < 1.29 is 9.53 Å². The van der Waals surface area contributed by atoms with Crippen molar-refractivity contribution in [2.24, 2.45) is 0 Å². The van der Waals surface area contributed by atoms with Crippen molar-refractivity contribution in [3.8, 4) is 0 Å². The van der Waals surface area contributed by atoms with Crippen LogP contribution in [0.4, 0.5) is 4.79 Å². The van der Waals surface area contributed by atoms with Crippen LogP contribution in [0.3, 0.4) is 0 Å². The molecule has 2 nitrogen and oxygen atoms in total. The van der Waals surface area contributed by atoms with E-state index in [0.29, 0.717) is 0 Å². The summed E-state index contributed by atoms with van der Waals surface area (Å²) in [6, 6.07) is 17.7. The lowest BCUT2D eigenvalue weighted by molar-refractivity contribution is 0.0738. The topological polar surface area (TPSA) is 26.3 Å². The Bertz CT molecular complexity index is 669.